The molecular formula is C7H9N3O3S. The van der Waals surface area contributed by atoms with E-state index in [1.807, 2.05) is 0 Å². The van der Waals surface area contributed by atoms with E-state index in [-0.39, 0.29) is 6.61 Å². The van der Waals surface area contributed by atoms with Crippen LogP contribution in [0.15, 0.2) is 5.51 Å². The molecule has 2 heterocycles. The number of hydrogen-bond acceptors (Lipinski definition) is 6. The lowest BCUT2D eigenvalue weighted by molar-refractivity contribution is -0.142. The van der Waals surface area contributed by atoms with Crippen LogP contribution < -0.4 is 5.32 Å². The third-order valence-electron chi connectivity index (χ3n) is 2.14. The Hall–Kier alpha value is -1.21. The second-order valence-corrected chi connectivity index (χ2v) is 3.89. The van der Waals surface area contributed by atoms with Gasteiger partial charge in [0.05, 0.1) is 6.61 Å². The zero-order chi connectivity index (χ0) is 10.0. The Morgan fingerprint density at radius 1 is 1.79 bits per heavy atom. The van der Waals surface area contributed by atoms with Crippen molar-refractivity contribution in [3.8, 4) is 0 Å². The molecule has 0 radical (unpaired) electrons. The average Bonchev–Trinajstić information content (AvgIpc) is 2.76. The van der Waals surface area contributed by atoms with Crippen molar-refractivity contribution in [2.45, 2.75) is 12.0 Å². The number of aliphatic carboxylic acids is 1. The normalized spacial score (nSPS) is 26.3. The second kappa shape index (κ2) is 3.50. The molecule has 7 heteroatoms. The summed E-state index contributed by atoms with van der Waals surface area (Å²) < 4.78 is 5.08. The molecule has 6 nitrogen and oxygen atoms in total. The van der Waals surface area contributed by atoms with Crippen LogP contribution in [0.4, 0.5) is 5.13 Å². The standard InChI is InChI=1S/C7H9N3O3S/c11-5(12)7(1-2-13-3-7)9-6-10-8-4-14-6/h4H,1-3H2,(H,9,10)(H,11,12). The Morgan fingerprint density at radius 2 is 2.64 bits per heavy atom. The predicted molar refractivity (Wildman–Crippen MR) is 49.3 cm³/mol. The van der Waals surface area contributed by atoms with Crippen LogP contribution in [0, 0.1) is 0 Å². The average molecular weight is 215 g/mol. The summed E-state index contributed by atoms with van der Waals surface area (Å²) in [5, 5.41) is 19.8. The first-order valence-corrected chi connectivity index (χ1v) is 4.96. The van der Waals surface area contributed by atoms with Crippen LogP contribution in [0.25, 0.3) is 0 Å². The molecule has 1 aliphatic heterocycles. The van der Waals surface area contributed by atoms with Crippen molar-refractivity contribution < 1.29 is 14.6 Å². The Balaban J connectivity index is 2.16. The largest absolute Gasteiger partial charge is 0.479 e. The van der Waals surface area contributed by atoms with E-state index in [2.05, 4.69) is 15.5 Å². The molecule has 0 spiro atoms. The maximum atomic E-state index is 11.1. The van der Waals surface area contributed by atoms with Gasteiger partial charge in [-0.3, -0.25) is 0 Å². The molecule has 0 bridgehead atoms. The van der Waals surface area contributed by atoms with E-state index >= 15 is 0 Å². The van der Waals surface area contributed by atoms with Crippen LogP contribution in [0.1, 0.15) is 6.42 Å². The van der Waals surface area contributed by atoms with E-state index in [0.717, 1.165) is 0 Å². The number of carbonyl (C=O) groups is 1. The predicted octanol–water partition coefficient (Wildman–Crippen LogP) is 0.194. The van der Waals surface area contributed by atoms with E-state index in [1.165, 1.54) is 11.3 Å². The molecule has 76 valence electrons. The molecular weight excluding hydrogens is 206 g/mol. The van der Waals surface area contributed by atoms with Gasteiger partial charge in [-0.1, -0.05) is 11.3 Å². The topological polar surface area (TPSA) is 84.3 Å². The van der Waals surface area contributed by atoms with Gasteiger partial charge in [-0.05, 0) is 0 Å². The quantitative estimate of drug-likeness (QED) is 0.749. The monoisotopic (exact) mass is 215 g/mol. The molecule has 2 rings (SSSR count). The van der Waals surface area contributed by atoms with Crippen molar-refractivity contribution in [3.05, 3.63) is 5.51 Å². The molecule has 0 aliphatic carbocycles. The number of anilines is 1. The number of hydrogen-bond donors (Lipinski definition) is 2. The number of aromatic nitrogens is 2. The fourth-order valence-corrected chi connectivity index (χ4v) is 1.86. The van der Waals surface area contributed by atoms with Crippen LogP contribution in [0.3, 0.4) is 0 Å². The van der Waals surface area contributed by atoms with E-state index < -0.39 is 11.5 Å². The van der Waals surface area contributed by atoms with Crippen molar-refractivity contribution in [1.82, 2.24) is 10.2 Å². The highest BCUT2D eigenvalue weighted by molar-refractivity contribution is 7.13. The fourth-order valence-electron chi connectivity index (χ4n) is 1.32. The molecule has 2 N–H and O–H groups in total. The van der Waals surface area contributed by atoms with Gasteiger partial charge in [0.2, 0.25) is 5.13 Å². The van der Waals surface area contributed by atoms with Gasteiger partial charge in [0.1, 0.15) is 5.51 Å². The fraction of sp³-hybridized carbons (Fsp3) is 0.571. The Morgan fingerprint density at radius 3 is 3.14 bits per heavy atom. The molecule has 1 saturated heterocycles. The summed E-state index contributed by atoms with van der Waals surface area (Å²) in [5.74, 6) is -0.912. The lowest BCUT2D eigenvalue weighted by atomic mass is 10.00. The van der Waals surface area contributed by atoms with Crippen LogP contribution in [-0.4, -0.2) is 40.0 Å². The molecule has 1 fully saturated rings. The maximum absolute atomic E-state index is 11.1. The number of nitrogens with zero attached hydrogens (tertiary/aromatic N) is 2. The highest BCUT2D eigenvalue weighted by Crippen LogP contribution is 2.25. The number of carboxylic acids is 1. The first kappa shape index (κ1) is 9.35. The molecule has 14 heavy (non-hydrogen) atoms. The molecule has 1 aromatic rings. The summed E-state index contributed by atoms with van der Waals surface area (Å²) in [7, 11) is 0. The molecule has 0 amide bonds. The zero-order valence-electron chi connectivity index (χ0n) is 7.27. The van der Waals surface area contributed by atoms with E-state index in [1.54, 1.807) is 5.51 Å². The van der Waals surface area contributed by atoms with Gasteiger partial charge in [-0.2, -0.15) is 0 Å². The number of ether oxygens (including phenoxy) is 1. The van der Waals surface area contributed by atoms with Crippen LogP contribution in [0.5, 0.6) is 0 Å². The minimum absolute atomic E-state index is 0.169. The van der Waals surface area contributed by atoms with Crippen molar-refractivity contribution in [3.63, 3.8) is 0 Å². The van der Waals surface area contributed by atoms with Gasteiger partial charge in [-0.15, -0.1) is 10.2 Å². The zero-order valence-corrected chi connectivity index (χ0v) is 8.08. The maximum Gasteiger partial charge on any atom is 0.331 e. The SMILES string of the molecule is O=C(O)C1(Nc2nncs2)CCOC1. The third-order valence-corrected chi connectivity index (χ3v) is 2.74. The summed E-state index contributed by atoms with van der Waals surface area (Å²) >= 11 is 1.27. The van der Waals surface area contributed by atoms with Crippen LogP contribution in [0.2, 0.25) is 0 Å². The second-order valence-electron chi connectivity index (χ2n) is 3.06. The lowest BCUT2D eigenvalue weighted by Crippen LogP contribution is -2.47. The Labute approximate surface area is 83.9 Å². The minimum Gasteiger partial charge on any atom is -0.479 e. The van der Waals surface area contributed by atoms with E-state index in [0.29, 0.717) is 18.2 Å². The van der Waals surface area contributed by atoms with Crippen molar-refractivity contribution in [1.29, 1.82) is 0 Å². The highest BCUT2D eigenvalue weighted by atomic mass is 32.1. The van der Waals surface area contributed by atoms with Gasteiger partial charge in [-0.25, -0.2) is 4.79 Å². The van der Waals surface area contributed by atoms with Gasteiger partial charge >= 0.3 is 5.97 Å². The van der Waals surface area contributed by atoms with Crippen molar-refractivity contribution >= 4 is 22.4 Å². The smallest absolute Gasteiger partial charge is 0.331 e. The number of carboxylic acid groups (broad SMARTS) is 1. The third kappa shape index (κ3) is 1.55. The van der Waals surface area contributed by atoms with Gasteiger partial charge in [0.15, 0.2) is 5.54 Å². The van der Waals surface area contributed by atoms with Crippen molar-refractivity contribution in [2.24, 2.45) is 0 Å². The van der Waals surface area contributed by atoms with Crippen LogP contribution in [-0.2, 0) is 9.53 Å². The van der Waals surface area contributed by atoms with Gasteiger partial charge in [0.25, 0.3) is 0 Å². The summed E-state index contributed by atoms with van der Waals surface area (Å²) in [6.45, 7) is 0.625. The summed E-state index contributed by atoms with van der Waals surface area (Å²) in [4.78, 5) is 11.1. The Bertz CT molecular complexity index is 321. The van der Waals surface area contributed by atoms with E-state index in [9.17, 15) is 4.79 Å². The minimum atomic E-state index is -1.03. The van der Waals surface area contributed by atoms with Gasteiger partial charge in [0, 0.05) is 13.0 Å². The Kier molecular flexibility index (Phi) is 2.34. The molecule has 1 unspecified atom stereocenters. The summed E-state index contributed by atoms with van der Waals surface area (Å²) in [6, 6.07) is 0. The van der Waals surface area contributed by atoms with E-state index in [4.69, 9.17) is 9.84 Å². The first-order valence-electron chi connectivity index (χ1n) is 4.08. The molecule has 0 saturated carbocycles. The van der Waals surface area contributed by atoms with Crippen LogP contribution >= 0.6 is 11.3 Å². The van der Waals surface area contributed by atoms with Gasteiger partial charge < -0.3 is 15.2 Å². The molecule has 1 atom stereocenters. The van der Waals surface area contributed by atoms with Crippen molar-refractivity contribution in [2.75, 3.05) is 18.5 Å². The highest BCUT2D eigenvalue weighted by Gasteiger charge is 2.43. The molecule has 1 aromatic heterocycles. The number of nitrogens with one attached hydrogen (secondary N) is 1. The summed E-state index contributed by atoms with van der Waals surface area (Å²) in [5.41, 5.74) is 0.521. The molecule has 1 aliphatic rings. The number of rotatable bonds is 3. The summed E-state index contributed by atoms with van der Waals surface area (Å²) in [6.07, 6.45) is 0.446. The first-order chi connectivity index (χ1) is 6.73. The lowest BCUT2D eigenvalue weighted by Gasteiger charge is -2.22. The molecule has 0 aromatic carbocycles.